The molecule has 0 atom stereocenters. The second kappa shape index (κ2) is 12.1. The van der Waals surface area contributed by atoms with Gasteiger partial charge in [-0.15, -0.1) is 0 Å². The third kappa shape index (κ3) is 7.12. The molecule has 2 amide bonds. The van der Waals surface area contributed by atoms with Gasteiger partial charge in [0.2, 0.25) is 0 Å². The minimum atomic E-state index is 0.111. The van der Waals surface area contributed by atoms with E-state index in [1.807, 2.05) is 41.6 Å². The smallest absolute Gasteiger partial charge is 0.317 e. The lowest BCUT2D eigenvalue weighted by Gasteiger charge is -2.38. The summed E-state index contributed by atoms with van der Waals surface area (Å²) in [5.74, 6) is 0. The van der Waals surface area contributed by atoms with Crippen LogP contribution >= 0.6 is 0 Å². The molecule has 1 saturated heterocycles. The highest BCUT2D eigenvalue weighted by molar-refractivity contribution is 5.75. The van der Waals surface area contributed by atoms with Crippen molar-refractivity contribution in [1.29, 1.82) is 0 Å². The zero-order chi connectivity index (χ0) is 24.6. The molecule has 0 radical (unpaired) electrons. The number of benzene rings is 1. The Morgan fingerprint density at radius 1 is 0.806 bits per heavy atom. The summed E-state index contributed by atoms with van der Waals surface area (Å²) in [5.41, 5.74) is 4.70. The molecule has 2 fully saturated rings. The van der Waals surface area contributed by atoms with Gasteiger partial charge in [0.05, 0.1) is 11.4 Å². The van der Waals surface area contributed by atoms with Crippen LogP contribution in [0.2, 0.25) is 0 Å². The maximum Gasteiger partial charge on any atom is 0.317 e. The van der Waals surface area contributed by atoms with Crippen LogP contribution in [0.1, 0.15) is 48.2 Å². The molecular weight excluding hydrogens is 448 g/mol. The maximum atomic E-state index is 12.5. The first-order valence-corrected chi connectivity index (χ1v) is 13.1. The summed E-state index contributed by atoms with van der Waals surface area (Å²) in [7, 11) is 0. The highest BCUT2D eigenvalue weighted by Gasteiger charge is 2.30. The van der Waals surface area contributed by atoms with Crippen LogP contribution in [0.4, 0.5) is 4.79 Å². The predicted octanol–water partition coefficient (Wildman–Crippen LogP) is 4.11. The monoisotopic (exact) mass is 484 g/mol. The first-order chi connectivity index (χ1) is 17.7. The summed E-state index contributed by atoms with van der Waals surface area (Å²) in [6, 6.07) is 22.0. The van der Waals surface area contributed by atoms with E-state index in [-0.39, 0.29) is 6.03 Å². The fourth-order valence-electron chi connectivity index (χ4n) is 4.78. The molecule has 1 aliphatic carbocycles. The number of nitrogens with zero attached hydrogens (tertiary/aromatic N) is 4. The van der Waals surface area contributed by atoms with Crippen molar-refractivity contribution in [2.75, 3.05) is 13.1 Å². The van der Waals surface area contributed by atoms with Crippen LogP contribution in [-0.2, 0) is 26.2 Å². The maximum absolute atomic E-state index is 12.5. The molecule has 2 N–H and O–H groups in total. The van der Waals surface area contributed by atoms with Gasteiger partial charge in [-0.25, -0.2) is 4.79 Å². The molecule has 0 spiro atoms. The van der Waals surface area contributed by atoms with Gasteiger partial charge < -0.3 is 15.5 Å². The predicted molar refractivity (Wildman–Crippen MR) is 141 cm³/mol. The van der Waals surface area contributed by atoms with E-state index in [0.29, 0.717) is 12.1 Å². The van der Waals surface area contributed by atoms with Crippen molar-refractivity contribution in [3.8, 4) is 0 Å². The number of urea groups is 1. The Bertz CT molecular complexity index is 1080. The van der Waals surface area contributed by atoms with Crippen LogP contribution in [0, 0.1) is 0 Å². The van der Waals surface area contributed by atoms with Gasteiger partial charge in [-0.3, -0.25) is 14.9 Å². The molecule has 0 unspecified atom stereocenters. The van der Waals surface area contributed by atoms with E-state index in [9.17, 15) is 4.79 Å². The SMILES string of the molecule is O=C(NC1CC1)N1CCC(N(Cc2ccc(CNCc3ccccn3)cc2)Cc2ccccn2)CC1. The van der Waals surface area contributed by atoms with E-state index in [1.54, 1.807) is 0 Å². The fraction of sp³-hybridized carbons (Fsp3) is 0.414. The van der Waals surface area contributed by atoms with Gasteiger partial charge in [0, 0.05) is 63.7 Å². The number of carbonyl (C=O) groups is 1. The molecular formula is C29H36N6O. The number of pyridine rings is 2. The van der Waals surface area contributed by atoms with Crippen molar-refractivity contribution >= 4 is 6.03 Å². The Morgan fingerprint density at radius 3 is 2.11 bits per heavy atom. The van der Waals surface area contributed by atoms with E-state index < -0.39 is 0 Å². The molecule has 1 aliphatic heterocycles. The van der Waals surface area contributed by atoms with Crippen molar-refractivity contribution in [2.45, 2.75) is 63.9 Å². The van der Waals surface area contributed by atoms with E-state index in [2.05, 4.69) is 61.9 Å². The van der Waals surface area contributed by atoms with E-state index in [4.69, 9.17) is 0 Å². The molecule has 2 aromatic heterocycles. The van der Waals surface area contributed by atoms with Crippen LogP contribution in [0.25, 0.3) is 0 Å². The van der Waals surface area contributed by atoms with Gasteiger partial charge in [-0.05, 0) is 61.1 Å². The zero-order valence-corrected chi connectivity index (χ0v) is 20.9. The van der Waals surface area contributed by atoms with Crippen LogP contribution in [-0.4, -0.2) is 51.0 Å². The third-order valence-electron chi connectivity index (χ3n) is 7.03. The molecule has 36 heavy (non-hydrogen) atoms. The van der Waals surface area contributed by atoms with Crippen LogP contribution in [0.3, 0.4) is 0 Å². The molecule has 7 nitrogen and oxygen atoms in total. The molecule has 1 aromatic carbocycles. The minimum absolute atomic E-state index is 0.111. The minimum Gasteiger partial charge on any atom is -0.335 e. The number of likely N-dealkylation sites (tertiary alicyclic amines) is 1. The Balaban J connectivity index is 1.17. The summed E-state index contributed by atoms with van der Waals surface area (Å²) in [6.07, 6.45) is 7.92. The lowest BCUT2D eigenvalue weighted by Crippen LogP contribution is -2.49. The van der Waals surface area contributed by atoms with Crippen LogP contribution in [0.15, 0.2) is 73.1 Å². The average molecular weight is 485 g/mol. The number of hydrogen-bond acceptors (Lipinski definition) is 5. The average Bonchev–Trinajstić information content (AvgIpc) is 3.75. The standard InChI is InChI=1S/C29H36N6O/c36-29(33-25-11-12-25)34-17-13-28(14-18-34)35(22-27-6-2-4-16-32-27)21-24-9-7-23(8-10-24)19-30-20-26-5-1-3-15-31-26/h1-10,15-16,25,28,30H,11-14,17-22H2,(H,33,36). The molecule has 5 rings (SSSR count). The highest BCUT2D eigenvalue weighted by atomic mass is 16.2. The molecule has 2 aliphatic rings. The van der Waals surface area contributed by atoms with Crippen molar-refractivity contribution < 1.29 is 4.79 Å². The van der Waals surface area contributed by atoms with Gasteiger partial charge in [-0.1, -0.05) is 36.4 Å². The second-order valence-electron chi connectivity index (χ2n) is 9.91. The Hall–Kier alpha value is -3.29. The summed E-state index contributed by atoms with van der Waals surface area (Å²) in [4.78, 5) is 25.9. The Morgan fingerprint density at radius 2 is 1.47 bits per heavy atom. The topological polar surface area (TPSA) is 73.4 Å². The molecule has 0 bridgehead atoms. The summed E-state index contributed by atoms with van der Waals surface area (Å²) in [5, 5.41) is 6.60. The van der Waals surface area contributed by atoms with Gasteiger partial charge in [-0.2, -0.15) is 0 Å². The zero-order valence-electron chi connectivity index (χ0n) is 20.9. The van der Waals surface area contributed by atoms with Crippen LogP contribution in [0.5, 0.6) is 0 Å². The number of amides is 2. The second-order valence-corrected chi connectivity index (χ2v) is 9.91. The van der Waals surface area contributed by atoms with Crippen molar-refractivity contribution in [2.24, 2.45) is 0 Å². The van der Waals surface area contributed by atoms with Gasteiger partial charge in [0.15, 0.2) is 0 Å². The number of carbonyl (C=O) groups excluding carboxylic acids is 1. The number of nitrogens with one attached hydrogen (secondary N) is 2. The lowest BCUT2D eigenvalue weighted by atomic mass is 10.0. The Labute approximate surface area is 213 Å². The largest absolute Gasteiger partial charge is 0.335 e. The van der Waals surface area contributed by atoms with E-state index in [1.165, 1.54) is 11.1 Å². The molecule has 3 aromatic rings. The lowest BCUT2D eigenvalue weighted by molar-refractivity contribution is 0.104. The Kier molecular flexibility index (Phi) is 8.20. The molecule has 188 valence electrons. The first-order valence-electron chi connectivity index (χ1n) is 13.1. The van der Waals surface area contributed by atoms with Gasteiger partial charge >= 0.3 is 6.03 Å². The van der Waals surface area contributed by atoms with Gasteiger partial charge in [0.25, 0.3) is 0 Å². The van der Waals surface area contributed by atoms with Crippen molar-refractivity contribution in [3.63, 3.8) is 0 Å². The molecule has 7 heteroatoms. The van der Waals surface area contributed by atoms with Gasteiger partial charge in [0.1, 0.15) is 0 Å². The van der Waals surface area contributed by atoms with Crippen molar-refractivity contribution in [3.05, 3.63) is 95.6 Å². The third-order valence-corrected chi connectivity index (χ3v) is 7.03. The molecule has 3 heterocycles. The van der Waals surface area contributed by atoms with E-state index in [0.717, 1.165) is 76.3 Å². The quantitative estimate of drug-likeness (QED) is 0.453. The first kappa shape index (κ1) is 24.4. The summed E-state index contributed by atoms with van der Waals surface area (Å²) >= 11 is 0. The molecule has 1 saturated carbocycles. The summed E-state index contributed by atoms with van der Waals surface area (Å²) < 4.78 is 0. The number of hydrogen-bond donors (Lipinski definition) is 2. The van der Waals surface area contributed by atoms with Crippen LogP contribution < -0.4 is 10.6 Å². The van der Waals surface area contributed by atoms with Crippen molar-refractivity contribution in [1.82, 2.24) is 30.4 Å². The number of piperidine rings is 1. The summed E-state index contributed by atoms with van der Waals surface area (Å²) in [6.45, 7) is 4.88. The number of rotatable bonds is 10. The normalized spacial score (nSPS) is 16.3. The highest BCUT2D eigenvalue weighted by Crippen LogP contribution is 2.23. The number of aromatic nitrogens is 2. The van der Waals surface area contributed by atoms with E-state index >= 15 is 0 Å². The fourth-order valence-corrected chi connectivity index (χ4v) is 4.78.